The van der Waals surface area contributed by atoms with Crippen LogP contribution in [0.4, 0.5) is 18.9 Å². The highest BCUT2D eigenvalue weighted by molar-refractivity contribution is 7.92. The van der Waals surface area contributed by atoms with Crippen LogP contribution in [-0.4, -0.2) is 44.8 Å². The molecule has 180 valence electrons. The summed E-state index contributed by atoms with van der Waals surface area (Å²) >= 11 is 0. The summed E-state index contributed by atoms with van der Waals surface area (Å²) in [6, 6.07) is 8.81. The lowest BCUT2D eigenvalue weighted by atomic mass is 10.2. The Hall–Kier alpha value is -3.08. The number of nitrogens with one attached hydrogen (secondary N) is 2. The molecule has 0 bridgehead atoms. The predicted octanol–water partition coefficient (Wildman–Crippen LogP) is 3.88. The van der Waals surface area contributed by atoms with E-state index in [0.29, 0.717) is 25.6 Å². The summed E-state index contributed by atoms with van der Waals surface area (Å²) in [5.74, 6) is -0.721. The molecule has 11 heteroatoms. The molecule has 7 nitrogen and oxygen atoms in total. The number of amides is 2. The number of hydrogen-bond acceptors (Lipinski definition) is 4. The fourth-order valence-electron chi connectivity index (χ4n) is 2.95. The minimum Gasteiger partial charge on any atom is -0.355 e. The van der Waals surface area contributed by atoms with Crippen LogP contribution in [-0.2, 0) is 21.0 Å². The maximum absolute atomic E-state index is 12.9. The topological polar surface area (TPSA) is 95.6 Å². The first-order chi connectivity index (χ1) is 15.5. The van der Waals surface area contributed by atoms with Gasteiger partial charge in [-0.25, -0.2) is 8.42 Å². The second kappa shape index (κ2) is 11.2. The number of anilines is 1. The zero-order valence-electron chi connectivity index (χ0n) is 18.3. The van der Waals surface area contributed by atoms with Crippen molar-refractivity contribution in [1.29, 1.82) is 0 Å². The molecule has 0 aliphatic heterocycles. The van der Waals surface area contributed by atoms with Gasteiger partial charge in [-0.05, 0) is 55.3 Å². The zero-order valence-corrected chi connectivity index (χ0v) is 19.1. The van der Waals surface area contributed by atoms with Crippen molar-refractivity contribution in [2.24, 2.45) is 0 Å². The quantitative estimate of drug-likeness (QED) is 0.534. The number of rotatable bonds is 10. The lowest BCUT2D eigenvalue weighted by Gasteiger charge is -2.21. The number of benzene rings is 2. The van der Waals surface area contributed by atoms with Crippen molar-refractivity contribution in [3.63, 3.8) is 0 Å². The van der Waals surface area contributed by atoms with E-state index in [0.717, 1.165) is 18.6 Å². The molecule has 0 saturated heterocycles. The molecular weight excluding hydrogens is 459 g/mol. The van der Waals surface area contributed by atoms with Gasteiger partial charge >= 0.3 is 6.18 Å². The maximum Gasteiger partial charge on any atom is 0.416 e. The molecule has 0 radical (unpaired) electrons. The van der Waals surface area contributed by atoms with Crippen LogP contribution >= 0.6 is 0 Å². The second-order valence-electron chi connectivity index (χ2n) is 7.29. The molecule has 0 unspecified atom stereocenters. The molecule has 0 atom stereocenters. The van der Waals surface area contributed by atoms with Crippen LogP contribution in [0, 0.1) is 0 Å². The lowest BCUT2D eigenvalue weighted by Crippen LogP contribution is -2.41. The molecule has 2 aromatic carbocycles. The van der Waals surface area contributed by atoms with Crippen LogP contribution in [0.3, 0.4) is 0 Å². The zero-order chi connectivity index (χ0) is 24.6. The van der Waals surface area contributed by atoms with Gasteiger partial charge in [-0.2, -0.15) is 13.2 Å². The van der Waals surface area contributed by atoms with Gasteiger partial charge in [0.15, 0.2) is 0 Å². The number of carbonyl (C=O) groups is 2. The van der Waals surface area contributed by atoms with Crippen LogP contribution < -0.4 is 10.0 Å². The number of alkyl halides is 3. The van der Waals surface area contributed by atoms with E-state index in [1.54, 1.807) is 0 Å². The van der Waals surface area contributed by atoms with Crippen molar-refractivity contribution in [1.82, 2.24) is 10.2 Å². The summed E-state index contributed by atoms with van der Waals surface area (Å²) < 4.78 is 65.9. The van der Waals surface area contributed by atoms with Gasteiger partial charge in [0.25, 0.3) is 15.9 Å². The number of carbonyl (C=O) groups excluding carboxylic acids is 2. The third kappa shape index (κ3) is 7.48. The Kier molecular flexibility index (Phi) is 8.86. The van der Waals surface area contributed by atoms with Gasteiger partial charge in [-0.3, -0.25) is 14.3 Å². The Labute approximate surface area is 191 Å². The van der Waals surface area contributed by atoms with E-state index in [4.69, 9.17) is 0 Å². The molecular formula is C22H26F3N3O4S. The normalized spacial score (nSPS) is 11.7. The Morgan fingerprint density at radius 2 is 1.67 bits per heavy atom. The molecule has 0 heterocycles. The van der Waals surface area contributed by atoms with Crippen LogP contribution in [0.1, 0.15) is 42.6 Å². The van der Waals surface area contributed by atoms with E-state index < -0.39 is 27.7 Å². The van der Waals surface area contributed by atoms with Crippen LogP contribution in [0.25, 0.3) is 0 Å². The van der Waals surface area contributed by atoms with Crippen molar-refractivity contribution in [3.8, 4) is 0 Å². The highest BCUT2D eigenvalue weighted by atomic mass is 32.2. The largest absolute Gasteiger partial charge is 0.416 e. The summed E-state index contributed by atoms with van der Waals surface area (Å²) in [5, 5.41) is 2.70. The smallest absolute Gasteiger partial charge is 0.355 e. The predicted molar refractivity (Wildman–Crippen MR) is 118 cm³/mol. The fourth-order valence-corrected chi connectivity index (χ4v) is 4.00. The second-order valence-corrected chi connectivity index (χ2v) is 8.97. The minimum absolute atomic E-state index is 0.121. The van der Waals surface area contributed by atoms with E-state index >= 15 is 0 Å². The van der Waals surface area contributed by atoms with Crippen molar-refractivity contribution in [2.75, 3.05) is 24.4 Å². The van der Waals surface area contributed by atoms with Gasteiger partial charge in [0.05, 0.1) is 17.0 Å². The SMILES string of the molecule is CCCNC(=O)CN(CCC)C(=O)c1ccc(S(=O)(=O)Nc2cccc(C(F)(F)F)c2)cc1. The van der Waals surface area contributed by atoms with E-state index in [-0.39, 0.29) is 28.6 Å². The molecule has 2 aromatic rings. The van der Waals surface area contributed by atoms with Crippen LogP contribution in [0.2, 0.25) is 0 Å². The Morgan fingerprint density at radius 1 is 1.00 bits per heavy atom. The molecule has 33 heavy (non-hydrogen) atoms. The molecule has 0 aliphatic carbocycles. The molecule has 0 saturated carbocycles. The maximum atomic E-state index is 12.9. The molecule has 0 fully saturated rings. The minimum atomic E-state index is -4.61. The molecule has 2 amide bonds. The Balaban J connectivity index is 2.17. The number of nitrogens with zero attached hydrogens (tertiary/aromatic N) is 1. The monoisotopic (exact) mass is 485 g/mol. The average molecular weight is 486 g/mol. The molecule has 0 aliphatic rings. The van der Waals surface area contributed by atoms with E-state index in [1.807, 2.05) is 13.8 Å². The van der Waals surface area contributed by atoms with Gasteiger partial charge < -0.3 is 10.2 Å². The standard InChI is InChI=1S/C22H26F3N3O4S/c1-3-12-26-20(29)15-28(13-4-2)21(30)16-8-10-19(11-9-16)33(31,32)27-18-7-5-6-17(14-18)22(23,24)25/h5-11,14,27H,3-4,12-13,15H2,1-2H3,(H,26,29). The third-order valence-electron chi connectivity index (χ3n) is 4.54. The van der Waals surface area contributed by atoms with Gasteiger partial charge in [0.2, 0.25) is 5.91 Å². The lowest BCUT2D eigenvalue weighted by molar-refractivity contribution is -0.137. The van der Waals surface area contributed by atoms with Gasteiger partial charge in [-0.1, -0.05) is 19.9 Å². The first-order valence-corrected chi connectivity index (χ1v) is 11.8. The third-order valence-corrected chi connectivity index (χ3v) is 5.94. The first-order valence-electron chi connectivity index (χ1n) is 10.3. The summed E-state index contributed by atoms with van der Waals surface area (Å²) in [6.45, 7) is 4.49. The molecule has 0 aromatic heterocycles. The van der Waals surface area contributed by atoms with Crippen LogP contribution in [0.15, 0.2) is 53.4 Å². The van der Waals surface area contributed by atoms with Gasteiger partial charge in [0.1, 0.15) is 0 Å². The molecule has 2 N–H and O–H groups in total. The fraction of sp³-hybridized carbons (Fsp3) is 0.364. The van der Waals surface area contributed by atoms with Crippen molar-refractivity contribution < 1.29 is 31.2 Å². The van der Waals surface area contributed by atoms with Gasteiger partial charge in [-0.15, -0.1) is 0 Å². The van der Waals surface area contributed by atoms with Crippen molar-refractivity contribution in [2.45, 2.75) is 37.8 Å². The van der Waals surface area contributed by atoms with Gasteiger partial charge in [0, 0.05) is 24.3 Å². The summed E-state index contributed by atoms with van der Waals surface area (Å²) in [4.78, 5) is 26.0. The van der Waals surface area contributed by atoms with E-state index in [1.165, 1.54) is 35.2 Å². The molecule has 0 spiro atoms. The molecule has 2 rings (SSSR count). The summed E-state index contributed by atoms with van der Waals surface area (Å²) in [6.07, 6.45) is -3.22. The Morgan fingerprint density at radius 3 is 2.24 bits per heavy atom. The number of halogens is 3. The van der Waals surface area contributed by atoms with Crippen LogP contribution in [0.5, 0.6) is 0 Å². The number of hydrogen-bond donors (Lipinski definition) is 2. The van der Waals surface area contributed by atoms with E-state index in [2.05, 4.69) is 10.0 Å². The Bertz CT molecular complexity index is 1070. The highest BCUT2D eigenvalue weighted by Gasteiger charge is 2.30. The van der Waals surface area contributed by atoms with E-state index in [9.17, 15) is 31.2 Å². The van der Waals surface area contributed by atoms with Crippen molar-refractivity contribution >= 4 is 27.5 Å². The summed E-state index contributed by atoms with van der Waals surface area (Å²) in [5.41, 5.74) is -1.04. The highest BCUT2D eigenvalue weighted by Crippen LogP contribution is 2.31. The average Bonchev–Trinajstić information content (AvgIpc) is 2.76. The first kappa shape index (κ1) is 26.2. The summed E-state index contributed by atoms with van der Waals surface area (Å²) in [7, 11) is -4.18. The number of sulfonamides is 1. The van der Waals surface area contributed by atoms with Crippen molar-refractivity contribution in [3.05, 3.63) is 59.7 Å².